The van der Waals surface area contributed by atoms with E-state index in [1.807, 2.05) is 6.07 Å². The second-order valence-electron chi connectivity index (χ2n) is 6.49. The lowest BCUT2D eigenvalue weighted by molar-refractivity contribution is 0.622. The Hall–Kier alpha value is -2.33. The molecule has 1 heterocycles. The summed E-state index contributed by atoms with van der Waals surface area (Å²) < 4.78 is 2.18. The molecule has 0 saturated carbocycles. The Balaban J connectivity index is 1.83. The number of aromatic nitrogens is 2. The molecule has 4 heteroatoms. The van der Waals surface area contributed by atoms with Crippen molar-refractivity contribution >= 4 is 16.7 Å². The van der Waals surface area contributed by atoms with Crippen LogP contribution in [0.1, 0.15) is 31.2 Å². The van der Waals surface area contributed by atoms with Crippen LogP contribution in [0.5, 0.6) is 0 Å². The van der Waals surface area contributed by atoms with Gasteiger partial charge in [0.2, 0.25) is 0 Å². The van der Waals surface area contributed by atoms with E-state index in [9.17, 15) is 0 Å². The van der Waals surface area contributed by atoms with Crippen molar-refractivity contribution in [1.29, 1.82) is 0 Å². The van der Waals surface area contributed by atoms with Crippen molar-refractivity contribution in [2.75, 3.05) is 24.5 Å². The Morgan fingerprint density at radius 3 is 2.32 bits per heavy atom. The zero-order valence-corrected chi connectivity index (χ0v) is 15.4. The predicted molar refractivity (Wildman–Crippen MR) is 106 cm³/mol. The summed E-state index contributed by atoms with van der Waals surface area (Å²) in [5.74, 6) is 1.29. The number of fused-ring (bicyclic) bond motifs is 1. The van der Waals surface area contributed by atoms with E-state index in [1.54, 1.807) is 0 Å². The highest BCUT2D eigenvalue weighted by Crippen LogP contribution is 2.24. The molecular formula is C21H28N4. The van der Waals surface area contributed by atoms with Gasteiger partial charge >= 0.3 is 0 Å². The minimum atomic E-state index is 0.219. The highest BCUT2D eigenvalue weighted by molar-refractivity contribution is 5.75. The average Bonchev–Trinajstić information content (AvgIpc) is 2.99. The molecule has 4 nitrogen and oxygen atoms in total. The van der Waals surface area contributed by atoms with Gasteiger partial charge < -0.3 is 15.2 Å². The zero-order valence-electron chi connectivity index (χ0n) is 15.4. The Morgan fingerprint density at radius 1 is 1.04 bits per heavy atom. The van der Waals surface area contributed by atoms with Crippen LogP contribution in [0.3, 0.4) is 0 Å². The molecule has 0 fully saturated rings. The molecule has 0 aliphatic heterocycles. The smallest absolute Gasteiger partial charge is 0.114 e. The molecule has 3 aromatic rings. The fourth-order valence-corrected chi connectivity index (χ4v) is 3.53. The third-order valence-corrected chi connectivity index (χ3v) is 5.02. The molecule has 0 bridgehead atoms. The molecule has 0 spiro atoms. The third-order valence-electron chi connectivity index (χ3n) is 5.02. The highest BCUT2D eigenvalue weighted by Gasteiger charge is 2.18. The minimum absolute atomic E-state index is 0.219. The molecule has 2 N–H and O–H groups in total. The first-order chi connectivity index (χ1) is 12.2. The number of para-hydroxylation sites is 2. The molecule has 1 unspecified atom stereocenters. The Labute approximate surface area is 150 Å². The van der Waals surface area contributed by atoms with Gasteiger partial charge in [0.05, 0.1) is 11.0 Å². The van der Waals surface area contributed by atoms with Gasteiger partial charge in [-0.05, 0) is 50.1 Å². The highest BCUT2D eigenvalue weighted by atomic mass is 15.1. The van der Waals surface area contributed by atoms with Crippen LogP contribution in [0, 0.1) is 0 Å². The molecule has 0 saturated heterocycles. The van der Waals surface area contributed by atoms with Gasteiger partial charge in [-0.25, -0.2) is 4.98 Å². The number of anilines is 1. The number of imidazole rings is 1. The lowest BCUT2D eigenvalue weighted by atomic mass is 9.98. The number of hydrogen-bond donors (Lipinski definition) is 1. The summed E-state index contributed by atoms with van der Waals surface area (Å²) >= 11 is 0. The van der Waals surface area contributed by atoms with Crippen molar-refractivity contribution < 1.29 is 0 Å². The molecule has 1 aromatic heterocycles. The van der Waals surface area contributed by atoms with E-state index >= 15 is 0 Å². The summed E-state index contributed by atoms with van der Waals surface area (Å²) in [5, 5.41) is 0. The summed E-state index contributed by atoms with van der Waals surface area (Å²) in [4.78, 5) is 7.18. The summed E-state index contributed by atoms with van der Waals surface area (Å²) in [6, 6.07) is 17.1. The molecule has 132 valence electrons. The molecule has 0 radical (unpaired) electrons. The summed E-state index contributed by atoms with van der Waals surface area (Å²) in [6.45, 7) is 7.03. The van der Waals surface area contributed by atoms with Crippen LogP contribution in [0.25, 0.3) is 11.0 Å². The van der Waals surface area contributed by atoms with Gasteiger partial charge in [0.25, 0.3) is 0 Å². The number of aryl methyl sites for hydroxylation is 1. The van der Waals surface area contributed by atoms with E-state index in [2.05, 4.69) is 72.8 Å². The molecule has 0 amide bonds. The van der Waals surface area contributed by atoms with E-state index in [-0.39, 0.29) is 5.92 Å². The molecule has 2 aromatic carbocycles. The Morgan fingerprint density at radius 2 is 1.72 bits per heavy atom. The second-order valence-corrected chi connectivity index (χ2v) is 6.49. The molecule has 0 aliphatic rings. The number of nitrogens with two attached hydrogens (primary N) is 1. The minimum Gasteiger partial charge on any atom is -0.372 e. The van der Waals surface area contributed by atoms with Crippen molar-refractivity contribution in [3.05, 3.63) is 59.9 Å². The van der Waals surface area contributed by atoms with Crippen molar-refractivity contribution in [3.63, 3.8) is 0 Å². The first-order valence-electron chi connectivity index (χ1n) is 9.13. The Bertz CT molecular complexity index is 816. The van der Waals surface area contributed by atoms with E-state index in [0.717, 1.165) is 36.4 Å². The lowest BCUT2D eigenvalue weighted by Crippen LogP contribution is -2.22. The van der Waals surface area contributed by atoms with Crippen LogP contribution in [0.2, 0.25) is 0 Å². The van der Waals surface area contributed by atoms with Crippen molar-refractivity contribution in [2.24, 2.45) is 12.8 Å². The van der Waals surface area contributed by atoms with Crippen molar-refractivity contribution in [2.45, 2.75) is 26.2 Å². The quantitative estimate of drug-likeness (QED) is 0.715. The van der Waals surface area contributed by atoms with Crippen LogP contribution >= 0.6 is 0 Å². The second kappa shape index (κ2) is 7.70. The van der Waals surface area contributed by atoms with E-state index in [0.29, 0.717) is 6.54 Å². The number of hydrogen-bond acceptors (Lipinski definition) is 3. The van der Waals surface area contributed by atoms with Crippen LogP contribution in [-0.2, 0) is 13.5 Å². The van der Waals surface area contributed by atoms with E-state index < -0.39 is 0 Å². The average molecular weight is 336 g/mol. The van der Waals surface area contributed by atoms with E-state index in [4.69, 9.17) is 10.7 Å². The first-order valence-corrected chi connectivity index (χ1v) is 9.13. The fraction of sp³-hybridized carbons (Fsp3) is 0.381. The molecule has 0 aliphatic carbocycles. The molecule has 25 heavy (non-hydrogen) atoms. The Kier molecular flexibility index (Phi) is 5.39. The number of rotatable bonds is 7. The SMILES string of the molecule is CCN(CC)c1ccc(CC(CN)c2nc3ccccc3n2C)cc1. The normalized spacial score (nSPS) is 12.5. The number of nitrogens with zero attached hydrogens (tertiary/aromatic N) is 3. The number of benzene rings is 2. The largest absolute Gasteiger partial charge is 0.372 e. The van der Waals surface area contributed by atoms with Gasteiger partial charge in [0.1, 0.15) is 5.82 Å². The van der Waals surface area contributed by atoms with Gasteiger partial charge in [-0.1, -0.05) is 24.3 Å². The maximum absolute atomic E-state index is 6.10. The van der Waals surface area contributed by atoms with Gasteiger partial charge in [-0.2, -0.15) is 0 Å². The maximum Gasteiger partial charge on any atom is 0.114 e. The van der Waals surface area contributed by atoms with Crippen LogP contribution < -0.4 is 10.6 Å². The van der Waals surface area contributed by atoms with Gasteiger partial charge in [0, 0.05) is 38.3 Å². The van der Waals surface area contributed by atoms with Crippen molar-refractivity contribution in [1.82, 2.24) is 9.55 Å². The van der Waals surface area contributed by atoms with Crippen molar-refractivity contribution in [3.8, 4) is 0 Å². The van der Waals surface area contributed by atoms with Gasteiger partial charge in [0.15, 0.2) is 0 Å². The summed E-state index contributed by atoms with van der Waals surface area (Å²) in [6.07, 6.45) is 0.909. The standard InChI is InChI=1S/C21H28N4/c1-4-25(5-2)18-12-10-16(11-13-18)14-17(15-22)21-23-19-8-6-7-9-20(19)24(21)3/h6-13,17H,4-5,14-15,22H2,1-3H3. The summed E-state index contributed by atoms with van der Waals surface area (Å²) in [5.41, 5.74) is 10.9. The topological polar surface area (TPSA) is 47.1 Å². The summed E-state index contributed by atoms with van der Waals surface area (Å²) in [7, 11) is 2.08. The predicted octanol–water partition coefficient (Wildman–Crippen LogP) is 3.70. The monoisotopic (exact) mass is 336 g/mol. The molecule has 3 rings (SSSR count). The van der Waals surface area contributed by atoms with Crippen LogP contribution in [0.15, 0.2) is 48.5 Å². The van der Waals surface area contributed by atoms with Crippen LogP contribution in [0.4, 0.5) is 5.69 Å². The van der Waals surface area contributed by atoms with Crippen LogP contribution in [-0.4, -0.2) is 29.2 Å². The van der Waals surface area contributed by atoms with E-state index in [1.165, 1.54) is 11.3 Å². The third kappa shape index (κ3) is 3.54. The molecular weight excluding hydrogens is 308 g/mol. The first kappa shape index (κ1) is 17.5. The molecule has 1 atom stereocenters. The fourth-order valence-electron chi connectivity index (χ4n) is 3.53. The maximum atomic E-state index is 6.10. The van der Waals surface area contributed by atoms with Gasteiger partial charge in [-0.3, -0.25) is 0 Å². The van der Waals surface area contributed by atoms with Gasteiger partial charge in [-0.15, -0.1) is 0 Å². The zero-order chi connectivity index (χ0) is 17.8. The lowest BCUT2D eigenvalue weighted by Gasteiger charge is -2.21.